The van der Waals surface area contributed by atoms with E-state index < -0.39 is 29.1 Å². The Kier molecular flexibility index (Phi) is 3.03. The summed E-state index contributed by atoms with van der Waals surface area (Å²) in [5.41, 5.74) is -1.77. The third kappa shape index (κ3) is 2.11. The van der Waals surface area contributed by atoms with Crippen molar-refractivity contribution in [2.75, 3.05) is 0 Å². The Morgan fingerprint density at radius 1 is 1.27 bits per heavy atom. The zero-order valence-electron chi connectivity index (χ0n) is 6.90. The maximum absolute atomic E-state index is 13.0. The van der Waals surface area contributed by atoms with Gasteiger partial charge in [-0.25, -0.2) is 13.6 Å². The summed E-state index contributed by atoms with van der Waals surface area (Å²) in [5, 5.41) is 8.12. The SMILES string of the molecule is O=C(O)C(F)(F)c1c(F)cc(Br)cc1F. The summed E-state index contributed by atoms with van der Waals surface area (Å²) in [4.78, 5) is 10.1. The highest BCUT2D eigenvalue weighted by Crippen LogP contribution is 2.33. The summed E-state index contributed by atoms with van der Waals surface area (Å²) in [6.07, 6.45) is 0. The molecule has 0 aliphatic rings. The number of hydrogen-bond acceptors (Lipinski definition) is 1. The third-order valence-corrected chi connectivity index (χ3v) is 2.05. The molecule has 0 saturated carbocycles. The zero-order valence-corrected chi connectivity index (χ0v) is 8.49. The van der Waals surface area contributed by atoms with E-state index in [1.807, 2.05) is 0 Å². The van der Waals surface area contributed by atoms with E-state index in [1.54, 1.807) is 0 Å². The monoisotopic (exact) mass is 286 g/mol. The predicted octanol–water partition coefficient (Wildman–Crippen LogP) is 2.90. The summed E-state index contributed by atoms with van der Waals surface area (Å²) in [5.74, 6) is -10.4. The van der Waals surface area contributed by atoms with Gasteiger partial charge in [-0.1, -0.05) is 15.9 Å². The van der Waals surface area contributed by atoms with Gasteiger partial charge in [0.2, 0.25) is 0 Å². The smallest absolute Gasteiger partial charge is 0.379 e. The van der Waals surface area contributed by atoms with Gasteiger partial charge in [0, 0.05) is 4.47 Å². The fourth-order valence-electron chi connectivity index (χ4n) is 0.949. The average molecular weight is 287 g/mol. The van der Waals surface area contributed by atoms with E-state index in [4.69, 9.17) is 5.11 Å². The number of alkyl halides is 2. The number of benzene rings is 1. The van der Waals surface area contributed by atoms with E-state index in [0.717, 1.165) is 0 Å². The summed E-state index contributed by atoms with van der Waals surface area (Å²) in [6, 6.07) is 1.13. The van der Waals surface area contributed by atoms with Crippen LogP contribution in [0.5, 0.6) is 0 Å². The molecular weight excluding hydrogens is 284 g/mol. The van der Waals surface area contributed by atoms with Gasteiger partial charge in [-0.2, -0.15) is 8.78 Å². The molecule has 0 aliphatic carbocycles. The fourth-order valence-corrected chi connectivity index (χ4v) is 1.35. The lowest BCUT2D eigenvalue weighted by Gasteiger charge is -2.13. The molecule has 7 heteroatoms. The minimum Gasteiger partial charge on any atom is -0.477 e. The van der Waals surface area contributed by atoms with E-state index >= 15 is 0 Å². The Morgan fingerprint density at radius 2 is 1.67 bits per heavy atom. The number of carboxylic acid groups (broad SMARTS) is 1. The third-order valence-electron chi connectivity index (χ3n) is 1.59. The molecule has 0 aliphatic heterocycles. The topological polar surface area (TPSA) is 37.3 Å². The Bertz CT molecular complexity index is 396. The molecule has 15 heavy (non-hydrogen) atoms. The molecule has 0 radical (unpaired) electrons. The van der Waals surface area contributed by atoms with Crippen LogP contribution in [0.3, 0.4) is 0 Å². The standard InChI is InChI=1S/C8H3BrF4O2/c9-3-1-4(10)6(5(11)2-3)8(12,13)7(14)15/h1-2H,(H,14,15). The predicted molar refractivity (Wildman–Crippen MR) is 45.6 cm³/mol. The van der Waals surface area contributed by atoms with Gasteiger partial charge >= 0.3 is 11.9 Å². The fraction of sp³-hybridized carbons (Fsp3) is 0.125. The molecule has 1 aromatic carbocycles. The van der Waals surface area contributed by atoms with Crippen molar-refractivity contribution in [1.82, 2.24) is 0 Å². The lowest BCUT2D eigenvalue weighted by Crippen LogP contribution is -2.28. The van der Waals surface area contributed by atoms with Crippen molar-refractivity contribution in [3.63, 3.8) is 0 Å². The first-order valence-corrected chi connectivity index (χ1v) is 4.32. The summed E-state index contributed by atoms with van der Waals surface area (Å²) < 4.78 is 51.5. The quantitative estimate of drug-likeness (QED) is 0.849. The van der Waals surface area contributed by atoms with E-state index in [9.17, 15) is 22.4 Å². The molecule has 0 amide bonds. The van der Waals surface area contributed by atoms with Gasteiger partial charge in [-0.3, -0.25) is 0 Å². The van der Waals surface area contributed by atoms with Gasteiger partial charge in [0.15, 0.2) is 0 Å². The minimum atomic E-state index is -4.59. The highest BCUT2D eigenvalue weighted by molar-refractivity contribution is 9.10. The molecule has 0 atom stereocenters. The van der Waals surface area contributed by atoms with Crippen LogP contribution in [0.25, 0.3) is 0 Å². The highest BCUT2D eigenvalue weighted by atomic mass is 79.9. The van der Waals surface area contributed by atoms with E-state index in [2.05, 4.69) is 15.9 Å². The summed E-state index contributed by atoms with van der Waals surface area (Å²) >= 11 is 2.68. The molecule has 0 spiro atoms. The molecule has 1 aromatic rings. The molecule has 0 fully saturated rings. The van der Waals surface area contributed by atoms with Crippen LogP contribution in [0.15, 0.2) is 16.6 Å². The Labute approximate surface area is 89.6 Å². The highest BCUT2D eigenvalue weighted by Gasteiger charge is 2.46. The molecule has 0 unspecified atom stereocenters. The molecule has 0 aromatic heterocycles. The molecule has 2 nitrogen and oxygen atoms in total. The number of hydrogen-bond donors (Lipinski definition) is 1. The molecule has 1 N–H and O–H groups in total. The average Bonchev–Trinajstić information content (AvgIpc) is 2.00. The van der Waals surface area contributed by atoms with Crippen LogP contribution in [0.1, 0.15) is 5.56 Å². The lowest BCUT2D eigenvalue weighted by atomic mass is 10.1. The van der Waals surface area contributed by atoms with Crippen molar-refractivity contribution in [3.8, 4) is 0 Å². The number of halogens is 5. The second kappa shape index (κ2) is 3.80. The number of rotatable bonds is 2. The molecule has 0 saturated heterocycles. The van der Waals surface area contributed by atoms with Gasteiger partial charge in [0.1, 0.15) is 17.2 Å². The van der Waals surface area contributed by atoms with Gasteiger partial charge in [-0.15, -0.1) is 0 Å². The maximum Gasteiger partial charge on any atom is 0.379 e. The van der Waals surface area contributed by atoms with Crippen LogP contribution >= 0.6 is 15.9 Å². The molecule has 82 valence electrons. The van der Waals surface area contributed by atoms with E-state index in [-0.39, 0.29) is 4.47 Å². The summed E-state index contributed by atoms with van der Waals surface area (Å²) in [6.45, 7) is 0. The van der Waals surface area contributed by atoms with E-state index in [0.29, 0.717) is 12.1 Å². The van der Waals surface area contributed by atoms with Crippen LogP contribution in [-0.4, -0.2) is 11.1 Å². The Hall–Kier alpha value is -1.11. The van der Waals surface area contributed by atoms with Gasteiger partial charge in [0.05, 0.1) is 0 Å². The van der Waals surface area contributed by atoms with Crippen molar-refractivity contribution in [2.24, 2.45) is 0 Å². The van der Waals surface area contributed by atoms with Gasteiger partial charge in [0.25, 0.3) is 0 Å². The first-order chi connectivity index (χ1) is 6.76. The normalized spacial score (nSPS) is 11.5. The molecule has 0 bridgehead atoms. The Balaban J connectivity index is 3.44. The van der Waals surface area contributed by atoms with Crippen LogP contribution in [0.4, 0.5) is 17.6 Å². The van der Waals surface area contributed by atoms with Crippen LogP contribution in [0.2, 0.25) is 0 Å². The van der Waals surface area contributed by atoms with Crippen molar-refractivity contribution in [1.29, 1.82) is 0 Å². The van der Waals surface area contributed by atoms with Crippen LogP contribution in [-0.2, 0) is 10.7 Å². The van der Waals surface area contributed by atoms with Crippen molar-refractivity contribution < 1.29 is 27.5 Å². The number of aliphatic carboxylic acids is 1. The molecule has 1 rings (SSSR count). The summed E-state index contributed by atoms with van der Waals surface area (Å²) in [7, 11) is 0. The van der Waals surface area contributed by atoms with Gasteiger partial charge in [-0.05, 0) is 12.1 Å². The number of carbonyl (C=O) groups is 1. The second-order valence-corrected chi connectivity index (χ2v) is 3.54. The molecule has 0 heterocycles. The molecular formula is C8H3BrF4O2. The second-order valence-electron chi connectivity index (χ2n) is 2.62. The zero-order chi connectivity index (χ0) is 11.8. The van der Waals surface area contributed by atoms with Crippen LogP contribution in [0, 0.1) is 11.6 Å². The first-order valence-electron chi connectivity index (χ1n) is 3.53. The maximum atomic E-state index is 13.0. The number of carboxylic acids is 1. The largest absolute Gasteiger partial charge is 0.477 e. The van der Waals surface area contributed by atoms with Crippen molar-refractivity contribution in [2.45, 2.75) is 5.92 Å². The minimum absolute atomic E-state index is 0.0950. The van der Waals surface area contributed by atoms with Crippen molar-refractivity contribution >= 4 is 21.9 Å². The van der Waals surface area contributed by atoms with Crippen LogP contribution < -0.4 is 0 Å². The van der Waals surface area contributed by atoms with Crippen molar-refractivity contribution in [3.05, 3.63) is 33.8 Å². The van der Waals surface area contributed by atoms with Gasteiger partial charge < -0.3 is 5.11 Å². The first kappa shape index (κ1) is 12.0. The Morgan fingerprint density at radius 3 is 2.00 bits per heavy atom. The van der Waals surface area contributed by atoms with E-state index in [1.165, 1.54) is 0 Å². The lowest BCUT2D eigenvalue weighted by molar-refractivity contribution is -0.167.